The van der Waals surface area contributed by atoms with Gasteiger partial charge in [0.1, 0.15) is 0 Å². The Morgan fingerprint density at radius 1 is 0.895 bits per heavy atom. The van der Waals surface area contributed by atoms with Crippen LogP contribution in [0.5, 0.6) is 0 Å². The van der Waals surface area contributed by atoms with Crippen molar-refractivity contribution in [2.45, 2.75) is 41.0 Å². The molecule has 0 heterocycles. The van der Waals surface area contributed by atoms with Crippen LogP contribution in [0.3, 0.4) is 0 Å². The van der Waals surface area contributed by atoms with Crippen LogP contribution < -0.4 is 0 Å². The lowest BCUT2D eigenvalue weighted by molar-refractivity contribution is 0.686. The third kappa shape index (κ3) is 5.30. The predicted octanol–water partition coefficient (Wildman–Crippen LogP) is 6.17. The minimum absolute atomic E-state index is 0.445. The average molecular weight is 256 g/mol. The maximum Gasteiger partial charge on any atom is -0.0000795 e. The minimum atomic E-state index is 0.445. The summed E-state index contributed by atoms with van der Waals surface area (Å²) in [7, 11) is 0. The summed E-state index contributed by atoms with van der Waals surface area (Å²) in [4.78, 5) is 0. The van der Waals surface area contributed by atoms with Gasteiger partial charge in [-0.1, -0.05) is 67.7 Å². The van der Waals surface area contributed by atoms with E-state index in [-0.39, 0.29) is 0 Å². The van der Waals surface area contributed by atoms with Gasteiger partial charge < -0.3 is 0 Å². The van der Waals surface area contributed by atoms with Crippen LogP contribution in [0.1, 0.15) is 41.0 Å². The number of hydrogen-bond donors (Lipinski definition) is 0. The highest BCUT2D eigenvalue weighted by Gasteiger charge is 2.09. The monoisotopic (exact) mass is 256 g/mol. The normalized spacial score (nSPS) is 13.9. The zero-order valence-electron chi connectivity index (χ0n) is 13.3. The molecular formula is C19H28. The van der Waals surface area contributed by atoms with Gasteiger partial charge >= 0.3 is 0 Å². The van der Waals surface area contributed by atoms with Crippen LogP contribution >= 0.6 is 0 Å². The van der Waals surface area contributed by atoms with Crippen LogP contribution in [0.4, 0.5) is 0 Å². The molecule has 0 aliphatic carbocycles. The second-order valence-corrected chi connectivity index (χ2v) is 5.34. The van der Waals surface area contributed by atoms with Crippen molar-refractivity contribution >= 4 is 0 Å². The summed E-state index contributed by atoms with van der Waals surface area (Å²) in [6, 6.07) is 0. The van der Waals surface area contributed by atoms with Gasteiger partial charge in [-0.25, -0.2) is 0 Å². The SMILES string of the molecule is C=C(C)C(=C)/C(=C\C=C(/C)C(CC)C(=C)C)C(=C)C. The molecule has 0 aromatic rings. The summed E-state index contributed by atoms with van der Waals surface area (Å²) in [6.07, 6.45) is 5.33. The molecule has 0 aliphatic heterocycles. The molecule has 19 heavy (non-hydrogen) atoms. The maximum atomic E-state index is 4.08. The van der Waals surface area contributed by atoms with E-state index in [0.717, 1.165) is 28.7 Å². The Morgan fingerprint density at radius 3 is 1.74 bits per heavy atom. The number of rotatable bonds is 7. The van der Waals surface area contributed by atoms with Gasteiger partial charge in [-0.2, -0.15) is 0 Å². The van der Waals surface area contributed by atoms with Gasteiger partial charge in [-0.05, 0) is 51.2 Å². The summed E-state index contributed by atoms with van der Waals surface area (Å²) in [5.74, 6) is 0.445. The van der Waals surface area contributed by atoms with E-state index in [0.29, 0.717) is 5.92 Å². The molecule has 0 radical (unpaired) electrons. The Balaban J connectivity index is 5.39. The first kappa shape index (κ1) is 17.4. The molecule has 104 valence electrons. The molecule has 0 N–H and O–H groups in total. The van der Waals surface area contributed by atoms with Gasteiger partial charge in [0.2, 0.25) is 0 Å². The largest absolute Gasteiger partial charge is 0.0995 e. The first-order chi connectivity index (χ1) is 8.72. The van der Waals surface area contributed by atoms with Crippen molar-refractivity contribution in [3.8, 4) is 0 Å². The molecule has 1 unspecified atom stereocenters. The zero-order chi connectivity index (χ0) is 15.2. The van der Waals surface area contributed by atoms with Crippen LogP contribution in [-0.2, 0) is 0 Å². The average Bonchev–Trinajstić information content (AvgIpc) is 2.28. The van der Waals surface area contributed by atoms with E-state index in [1.165, 1.54) is 11.1 Å². The van der Waals surface area contributed by atoms with Crippen molar-refractivity contribution in [2.75, 3.05) is 0 Å². The first-order valence-corrected chi connectivity index (χ1v) is 6.77. The Hall–Kier alpha value is -1.56. The van der Waals surface area contributed by atoms with E-state index in [1.54, 1.807) is 0 Å². The Morgan fingerprint density at radius 2 is 1.42 bits per heavy atom. The van der Waals surface area contributed by atoms with Gasteiger partial charge in [-0.3, -0.25) is 0 Å². The van der Waals surface area contributed by atoms with Crippen LogP contribution in [0.25, 0.3) is 0 Å². The zero-order valence-corrected chi connectivity index (χ0v) is 13.3. The summed E-state index contributed by atoms with van der Waals surface area (Å²) in [5.41, 5.74) is 6.56. The lowest BCUT2D eigenvalue weighted by Gasteiger charge is -2.16. The molecule has 0 aliphatic rings. The number of allylic oxidation sites excluding steroid dienone is 8. The fourth-order valence-corrected chi connectivity index (χ4v) is 2.12. The molecule has 0 fully saturated rings. The molecule has 0 amide bonds. The van der Waals surface area contributed by atoms with Crippen LogP contribution in [0, 0.1) is 5.92 Å². The van der Waals surface area contributed by atoms with Crippen LogP contribution in [0.2, 0.25) is 0 Å². The lowest BCUT2D eigenvalue weighted by atomic mass is 9.90. The van der Waals surface area contributed by atoms with E-state index in [2.05, 4.69) is 59.2 Å². The molecule has 0 saturated carbocycles. The summed E-state index contributed by atoms with van der Waals surface area (Å²) < 4.78 is 0. The van der Waals surface area contributed by atoms with Crippen molar-refractivity contribution in [1.29, 1.82) is 0 Å². The van der Waals surface area contributed by atoms with E-state index < -0.39 is 0 Å². The second-order valence-electron chi connectivity index (χ2n) is 5.34. The molecule has 0 aromatic carbocycles. The third-order valence-electron chi connectivity index (χ3n) is 3.37. The van der Waals surface area contributed by atoms with Crippen LogP contribution in [-0.4, -0.2) is 0 Å². The van der Waals surface area contributed by atoms with Gasteiger partial charge in [0.15, 0.2) is 0 Å². The highest BCUT2D eigenvalue weighted by Crippen LogP contribution is 2.25. The molecule has 0 aromatic heterocycles. The summed E-state index contributed by atoms with van der Waals surface area (Å²) in [5, 5.41) is 0. The predicted molar refractivity (Wildman–Crippen MR) is 89.2 cm³/mol. The van der Waals surface area contributed by atoms with Crippen LogP contribution in [0.15, 0.2) is 71.9 Å². The standard InChI is InChI=1S/C19H28/c1-10-18(14(4)5)16(8)11-12-19(15(6)7)17(9)13(2)3/h11-12,18H,2,4,6,9-10H2,1,3,5,7-8H3/b16-11+,19-12-. The smallest absolute Gasteiger partial charge is 0.0000795 e. The van der Waals surface area contributed by atoms with E-state index in [1.807, 2.05) is 13.8 Å². The van der Waals surface area contributed by atoms with Gasteiger partial charge in [0.25, 0.3) is 0 Å². The van der Waals surface area contributed by atoms with Gasteiger partial charge in [0.05, 0.1) is 0 Å². The molecular weight excluding hydrogens is 228 g/mol. The third-order valence-corrected chi connectivity index (χ3v) is 3.37. The van der Waals surface area contributed by atoms with E-state index in [9.17, 15) is 0 Å². The molecule has 1 atom stereocenters. The number of hydrogen-bond acceptors (Lipinski definition) is 0. The maximum absolute atomic E-state index is 4.08. The lowest BCUT2D eigenvalue weighted by Crippen LogP contribution is -2.01. The Labute approximate surface area is 119 Å². The van der Waals surface area contributed by atoms with Gasteiger partial charge in [-0.15, -0.1) is 0 Å². The van der Waals surface area contributed by atoms with E-state index in [4.69, 9.17) is 0 Å². The van der Waals surface area contributed by atoms with Crippen molar-refractivity contribution in [3.63, 3.8) is 0 Å². The highest BCUT2D eigenvalue weighted by molar-refractivity contribution is 5.53. The van der Waals surface area contributed by atoms with Gasteiger partial charge in [0, 0.05) is 0 Å². The highest BCUT2D eigenvalue weighted by atomic mass is 14.1. The fraction of sp³-hybridized carbons (Fsp3) is 0.368. The Bertz CT molecular complexity index is 452. The van der Waals surface area contributed by atoms with Crippen molar-refractivity contribution in [2.24, 2.45) is 5.92 Å². The Kier molecular flexibility index (Phi) is 7.14. The first-order valence-electron chi connectivity index (χ1n) is 6.77. The minimum Gasteiger partial charge on any atom is -0.0995 e. The molecule has 0 nitrogen and oxygen atoms in total. The van der Waals surface area contributed by atoms with E-state index >= 15 is 0 Å². The topological polar surface area (TPSA) is 0 Å². The summed E-state index contributed by atoms with van der Waals surface area (Å²) >= 11 is 0. The van der Waals surface area contributed by atoms with Crippen molar-refractivity contribution in [3.05, 3.63) is 71.9 Å². The quantitative estimate of drug-likeness (QED) is 0.377. The summed E-state index contributed by atoms with van der Waals surface area (Å²) in [6.45, 7) is 26.5. The van der Waals surface area contributed by atoms with Crippen molar-refractivity contribution in [1.82, 2.24) is 0 Å². The fourth-order valence-electron chi connectivity index (χ4n) is 2.12. The molecule has 0 heteroatoms. The molecule has 0 saturated heterocycles. The molecule has 0 rings (SSSR count). The molecule has 0 bridgehead atoms. The second kappa shape index (κ2) is 7.78. The van der Waals surface area contributed by atoms with Crippen molar-refractivity contribution < 1.29 is 0 Å². The molecule has 0 spiro atoms.